The Morgan fingerprint density at radius 3 is 2.61 bits per heavy atom. The van der Waals surface area contributed by atoms with Crippen LogP contribution >= 0.6 is 0 Å². The maximum atomic E-state index is 12.0. The van der Waals surface area contributed by atoms with Crippen LogP contribution in [0.3, 0.4) is 0 Å². The number of nitrogens with two attached hydrogens (primary N) is 1. The van der Waals surface area contributed by atoms with Gasteiger partial charge in [0.25, 0.3) is 0 Å². The number of nitrogens with one attached hydrogen (secondary N) is 1. The molecule has 1 aromatic heterocycles. The van der Waals surface area contributed by atoms with Crippen molar-refractivity contribution >= 4 is 15.9 Å². The van der Waals surface area contributed by atoms with Crippen LogP contribution in [0.4, 0.5) is 0 Å². The van der Waals surface area contributed by atoms with Crippen LogP contribution in [0.15, 0.2) is 10.1 Å². The molecule has 0 fully saturated rings. The van der Waals surface area contributed by atoms with E-state index >= 15 is 0 Å². The summed E-state index contributed by atoms with van der Waals surface area (Å²) in [6.07, 6.45) is 0.133. The summed E-state index contributed by atoms with van der Waals surface area (Å²) in [4.78, 5) is 0.171. The molecule has 0 aliphatic carbocycles. The summed E-state index contributed by atoms with van der Waals surface area (Å²) in [5.41, 5.74) is 6.25. The van der Waals surface area contributed by atoms with Crippen molar-refractivity contribution in [2.24, 2.45) is 17.9 Å². The van der Waals surface area contributed by atoms with Gasteiger partial charge < -0.3 is 10.9 Å². The number of oxime groups is 1. The molecule has 8 nitrogen and oxygen atoms in total. The quantitative estimate of drug-likeness (QED) is 0.288. The van der Waals surface area contributed by atoms with Gasteiger partial charge in [-0.15, -0.1) is 0 Å². The standard InChI is InChI=1S/C9H17N5O3S/c1-6-9(7(2)14(3)12-6)18(16,17)11-5-4-8(10)13-15/h11,15H,4-5H2,1-3H3,(H2,10,13). The Kier molecular flexibility index (Phi) is 4.30. The summed E-state index contributed by atoms with van der Waals surface area (Å²) >= 11 is 0. The van der Waals surface area contributed by atoms with E-state index < -0.39 is 10.0 Å². The lowest BCUT2D eigenvalue weighted by Gasteiger charge is -2.06. The van der Waals surface area contributed by atoms with E-state index in [0.717, 1.165) is 0 Å². The summed E-state index contributed by atoms with van der Waals surface area (Å²) in [6, 6.07) is 0. The molecular formula is C9H17N5O3S. The molecule has 0 aromatic carbocycles. The molecular weight excluding hydrogens is 258 g/mol. The zero-order chi connectivity index (χ0) is 13.9. The van der Waals surface area contributed by atoms with Gasteiger partial charge in [0.15, 0.2) is 0 Å². The van der Waals surface area contributed by atoms with E-state index in [9.17, 15) is 8.42 Å². The van der Waals surface area contributed by atoms with Crippen molar-refractivity contribution < 1.29 is 13.6 Å². The third-order valence-electron chi connectivity index (χ3n) is 2.51. The van der Waals surface area contributed by atoms with Crippen molar-refractivity contribution in [2.75, 3.05) is 6.54 Å². The van der Waals surface area contributed by atoms with E-state index in [4.69, 9.17) is 10.9 Å². The SMILES string of the molecule is Cc1nn(C)c(C)c1S(=O)(=O)NCCC(N)=NO. The average molecular weight is 275 g/mol. The zero-order valence-corrected chi connectivity index (χ0v) is 11.3. The topological polar surface area (TPSA) is 123 Å². The highest BCUT2D eigenvalue weighted by atomic mass is 32.2. The van der Waals surface area contributed by atoms with E-state index in [1.54, 1.807) is 20.9 Å². The highest BCUT2D eigenvalue weighted by Gasteiger charge is 2.23. The molecule has 102 valence electrons. The van der Waals surface area contributed by atoms with Gasteiger partial charge in [-0.3, -0.25) is 4.68 Å². The molecule has 1 heterocycles. The normalized spacial score (nSPS) is 12.9. The number of rotatable bonds is 5. The van der Waals surface area contributed by atoms with Crippen LogP contribution < -0.4 is 10.5 Å². The molecule has 0 aliphatic rings. The maximum Gasteiger partial charge on any atom is 0.244 e. The van der Waals surface area contributed by atoms with Crippen LogP contribution in [-0.4, -0.2) is 35.8 Å². The Morgan fingerprint density at radius 2 is 2.17 bits per heavy atom. The lowest BCUT2D eigenvalue weighted by Crippen LogP contribution is -2.28. The maximum absolute atomic E-state index is 12.0. The predicted octanol–water partition coefficient (Wildman–Crippen LogP) is -0.548. The van der Waals surface area contributed by atoms with Gasteiger partial charge in [-0.05, 0) is 13.8 Å². The van der Waals surface area contributed by atoms with Gasteiger partial charge in [0.2, 0.25) is 10.0 Å². The van der Waals surface area contributed by atoms with Crippen LogP contribution in [0, 0.1) is 13.8 Å². The lowest BCUT2D eigenvalue weighted by atomic mass is 10.4. The Morgan fingerprint density at radius 1 is 1.56 bits per heavy atom. The average Bonchev–Trinajstić information content (AvgIpc) is 2.52. The summed E-state index contributed by atoms with van der Waals surface area (Å²) in [7, 11) is -1.95. The van der Waals surface area contributed by atoms with Crippen LogP contribution in [0.25, 0.3) is 0 Å². The van der Waals surface area contributed by atoms with E-state index in [2.05, 4.69) is 15.0 Å². The fourth-order valence-corrected chi connectivity index (χ4v) is 3.04. The Bertz CT molecular complexity index is 561. The minimum absolute atomic E-state index is 0.0302. The first-order valence-corrected chi connectivity index (χ1v) is 6.74. The molecule has 4 N–H and O–H groups in total. The Labute approximate surface area is 106 Å². The molecule has 0 saturated carbocycles. The minimum Gasteiger partial charge on any atom is -0.409 e. The van der Waals surface area contributed by atoms with Gasteiger partial charge in [-0.2, -0.15) is 5.10 Å². The number of amidine groups is 1. The van der Waals surface area contributed by atoms with Gasteiger partial charge in [-0.1, -0.05) is 5.16 Å². The number of nitrogens with zero attached hydrogens (tertiary/aromatic N) is 3. The first-order chi connectivity index (χ1) is 8.29. The minimum atomic E-state index is -3.63. The summed E-state index contributed by atoms with van der Waals surface area (Å²) in [5.74, 6) is -0.0302. The van der Waals surface area contributed by atoms with Gasteiger partial charge >= 0.3 is 0 Å². The van der Waals surface area contributed by atoms with E-state index in [-0.39, 0.29) is 23.7 Å². The van der Waals surface area contributed by atoms with E-state index in [1.807, 2.05) is 0 Å². The molecule has 0 saturated heterocycles. The highest BCUT2D eigenvalue weighted by Crippen LogP contribution is 2.17. The zero-order valence-electron chi connectivity index (χ0n) is 10.5. The van der Waals surface area contributed by atoms with Gasteiger partial charge in [0.05, 0.1) is 11.4 Å². The van der Waals surface area contributed by atoms with Gasteiger partial charge in [-0.25, -0.2) is 13.1 Å². The van der Waals surface area contributed by atoms with Crippen molar-refractivity contribution in [1.29, 1.82) is 0 Å². The second-order valence-electron chi connectivity index (χ2n) is 3.86. The largest absolute Gasteiger partial charge is 0.409 e. The van der Waals surface area contributed by atoms with Crippen molar-refractivity contribution in [3.63, 3.8) is 0 Å². The van der Waals surface area contributed by atoms with Crippen molar-refractivity contribution in [3.05, 3.63) is 11.4 Å². The van der Waals surface area contributed by atoms with Gasteiger partial charge in [0.1, 0.15) is 10.7 Å². The number of hydrogen-bond acceptors (Lipinski definition) is 5. The number of hydrogen-bond donors (Lipinski definition) is 3. The summed E-state index contributed by atoms with van der Waals surface area (Å²) in [5, 5.41) is 15.2. The molecule has 0 spiro atoms. The predicted molar refractivity (Wildman–Crippen MR) is 65.9 cm³/mol. The smallest absolute Gasteiger partial charge is 0.244 e. The third kappa shape index (κ3) is 2.99. The van der Waals surface area contributed by atoms with Crippen LogP contribution in [0.5, 0.6) is 0 Å². The molecule has 1 aromatic rings. The second kappa shape index (κ2) is 5.36. The molecule has 18 heavy (non-hydrogen) atoms. The lowest BCUT2D eigenvalue weighted by molar-refractivity contribution is 0.317. The van der Waals surface area contributed by atoms with Crippen molar-refractivity contribution in [2.45, 2.75) is 25.2 Å². The van der Waals surface area contributed by atoms with Gasteiger partial charge in [0, 0.05) is 20.0 Å². The molecule has 0 amide bonds. The number of aromatic nitrogens is 2. The van der Waals surface area contributed by atoms with E-state index in [1.165, 1.54) is 4.68 Å². The Hall–Kier alpha value is -1.61. The number of sulfonamides is 1. The molecule has 0 aliphatic heterocycles. The fraction of sp³-hybridized carbons (Fsp3) is 0.556. The second-order valence-corrected chi connectivity index (χ2v) is 5.57. The molecule has 9 heteroatoms. The van der Waals surface area contributed by atoms with Crippen molar-refractivity contribution in [1.82, 2.24) is 14.5 Å². The molecule has 0 atom stereocenters. The third-order valence-corrected chi connectivity index (χ3v) is 4.23. The monoisotopic (exact) mass is 275 g/mol. The molecule has 0 radical (unpaired) electrons. The van der Waals surface area contributed by atoms with Crippen LogP contribution in [-0.2, 0) is 17.1 Å². The van der Waals surface area contributed by atoms with Crippen LogP contribution in [0.1, 0.15) is 17.8 Å². The Balaban J connectivity index is 2.87. The fourth-order valence-electron chi connectivity index (χ4n) is 1.58. The first-order valence-electron chi connectivity index (χ1n) is 5.26. The summed E-state index contributed by atoms with van der Waals surface area (Å²) in [6.45, 7) is 3.37. The number of aryl methyl sites for hydroxylation is 2. The highest BCUT2D eigenvalue weighted by molar-refractivity contribution is 7.89. The summed E-state index contributed by atoms with van der Waals surface area (Å²) < 4.78 is 28.0. The molecule has 0 bridgehead atoms. The molecule has 1 rings (SSSR count). The van der Waals surface area contributed by atoms with Crippen LogP contribution in [0.2, 0.25) is 0 Å². The van der Waals surface area contributed by atoms with E-state index in [0.29, 0.717) is 11.4 Å². The molecule has 0 unspecified atom stereocenters. The van der Waals surface area contributed by atoms with Crippen molar-refractivity contribution in [3.8, 4) is 0 Å². The first kappa shape index (κ1) is 14.5.